The highest BCUT2D eigenvalue weighted by molar-refractivity contribution is 8.00. The summed E-state index contributed by atoms with van der Waals surface area (Å²) in [5, 5.41) is 8.82. The van der Waals surface area contributed by atoms with Gasteiger partial charge in [0.2, 0.25) is 0 Å². The van der Waals surface area contributed by atoms with E-state index >= 15 is 0 Å². The number of nitriles is 1. The quantitative estimate of drug-likeness (QED) is 0.638. The summed E-state index contributed by atoms with van der Waals surface area (Å²) < 4.78 is 0.380. The van der Waals surface area contributed by atoms with Crippen molar-refractivity contribution in [2.75, 3.05) is 5.75 Å². The van der Waals surface area contributed by atoms with Crippen LogP contribution in [-0.4, -0.2) is 10.5 Å². The average molecular weight is 213 g/mol. The molecule has 14 heavy (non-hydrogen) atoms. The van der Waals surface area contributed by atoms with Crippen LogP contribution in [0.2, 0.25) is 0 Å². The van der Waals surface area contributed by atoms with Crippen molar-refractivity contribution < 1.29 is 0 Å². The standard InChI is InChI=1S/C12H23NS/c1-11(2,3)14-9-7-6-8-12(4,5)10-13/h6-9H2,1-5H3. The molecule has 0 radical (unpaired) electrons. The Labute approximate surface area is 93.3 Å². The molecule has 0 bridgehead atoms. The number of hydrogen-bond acceptors (Lipinski definition) is 2. The van der Waals surface area contributed by atoms with Crippen molar-refractivity contribution >= 4 is 11.8 Å². The lowest BCUT2D eigenvalue weighted by molar-refractivity contribution is 0.433. The summed E-state index contributed by atoms with van der Waals surface area (Å²) in [6.45, 7) is 10.8. The first-order valence-electron chi connectivity index (χ1n) is 5.32. The van der Waals surface area contributed by atoms with E-state index in [4.69, 9.17) is 5.26 Å². The van der Waals surface area contributed by atoms with Gasteiger partial charge >= 0.3 is 0 Å². The Morgan fingerprint density at radius 2 is 1.64 bits per heavy atom. The van der Waals surface area contributed by atoms with Gasteiger partial charge in [-0.25, -0.2) is 0 Å². The molecule has 0 saturated heterocycles. The van der Waals surface area contributed by atoms with Crippen LogP contribution in [0.1, 0.15) is 53.9 Å². The van der Waals surface area contributed by atoms with Crippen LogP contribution in [-0.2, 0) is 0 Å². The van der Waals surface area contributed by atoms with Gasteiger partial charge in [0, 0.05) is 4.75 Å². The first-order chi connectivity index (χ1) is 6.27. The van der Waals surface area contributed by atoms with Gasteiger partial charge in [-0.2, -0.15) is 17.0 Å². The average Bonchev–Trinajstić information content (AvgIpc) is 2.01. The predicted molar refractivity (Wildman–Crippen MR) is 65.5 cm³/mol. The number of unbranched alkanes of at least 4 members (excludes halogenated alkanes) is 1. The molecular formula is C12H23NS. The molecule has 2 heteroatoms. The molecule has 0 aliphatic heterocycles. The maximum absolute atomic E-state index is 8.82. The van der Waals surface area contributed by atoms with Crippen LogP contribution < -0.4 is 0 Å². The highest BCUT2D eigenvalue weighted by Crippen LogP contribution is 2.26. The third-order valence-electron chi connectivity index (χ3n) is 2.03. The van der Waals surface area contributed by atoms with Crippen molar-refractivity contribution in [3.63, 3.8) is 0 Å². The van der Waals surface area contributed by atoms with Crippen LogP contribution in [0.5, 0.6) is 0 Å². The van der Waals surface area contributed by atoms with E-state index in [1.54, 1.807) is 0 Å². The molecule has 1 nitrogen and oxygen atoms in total. The number of nitrogens with zero attached hydrogens (tertiary/aromatic N) is 1. The van der Waals surface area contributed by atoms with Crippen LogP contribution >= 0.6 is 11.8 Å². The third kappa shape index (κ3) is 8.44. The molecule has 0 fully saturated rings. The zero-order valence-corrected chi connectivity index (χ0v) is 11.0. The molecule has 0 heterocycles. The predicted octanol–water partition coefficient (Wildman–Crippen LogP) is 4.24. The Morgan fingerprint density at radius 1 is 1.07 bits per heavy atom. The van der Waals surface area contributed by atoms with Crippen molar-refractivity contribution in [1.82, 2.24) is 0 Å². The van der Waals surface area contributed by atoms with Gasteiger partial charge in [0.15, 0.2) is 0 Å². The third-order valence-corrected chi connectivity index (χ3v) is 3.39. The second kappa shape index (κ2) is 5.66. The lowest BCUT2D eigenvalue weighted by Gasteiger charge is -2.18. The van der Waals surface area contributed by atoms with Gasteiger partial charge in [0.25, 0.3) is 0 Å². The monoisotopic (exact) mass is 213 g/mol. The minimum atomic E-state index is -0.133. The molecule has 0 aliphatic carbocycles. The minimum Gasteiger partial charge on any atom is -0.198 e. The fraction of sp³-hybridized carbons (Fsp3) is 0.917. The van der Waals surface area contributed by atoms with Crippen molar-refractivity contribution in [3.05, 3.63) is 0 Å². The number of hydrogen-bond donors (Lipinski definition) is 0. The molecule has 0 aromatic heterocycles. The van der Waals surface area contributed by atoms with Crippen molar-refractivity contribution in [2.45, 2.75) is 58.6 Å². The Balaban J connectivity index is 3.45. The molecule has 0 aliphatic rings. The Kier molecular flexibility index (Phi) is 5.59. The molecule has 0 rings (SSSR count). The first kappa shape index (κ1) is 13.8. The molecule has 0 atom stereocenters. The maximum atomic E-state index is 8.82. The van der Waals surface area contributed by atoms with E-state index in [0.717, 1.165) is 6.42 Å². The largest absolute Gasteiger partial charge is 0.198 e. The summed E-state index contributed by atoms with van der Waals surface area (Å²) in [4.78, 5) is 0. The molecule has 0 unspecified atom stereocenters. The summed E-state index contributed by atoms with van der Waals surface area (Å²) in [7, 11) is 0. The fourth-order valence-electron chi connectivity index (χ4n) is 1.10. The summed E-state index contributed by atoms with van der Waals surface area (Å²) in [6, 6.07) is 2.34. The van der Waals surface area contributed by atoms with Gasteiger partial charge in [-0.1, -0.05) is 27.2 Å². The van der Waals surface area contributed by atoms with Crippen molar-refractivity contribution in [1.29, 1.82) is 5.26 Å². The normalized spacial score (nSPS) is 12.6. The van der Waals surface area contributed by atoms with E-state index in [1.807, 2.05) is 25.6 Å². The summed E-state index contributed by atoms with van der Waals surface area (Å²) >= 11 is 2.01. The minimum absolute atomic E-state index is 0.133. The SMILES string of the molecule is CC(C)(C#N)CCCCSC(C)(C)C. The van der Waals surface area contributed by atoms with Gasteiger partial charge < -0.3 is 0 Å². The van der Waals surface area contributed by atoms with E-state index in [9.17, 15) is 0 Å². The highest BCUT2D eigenvalue weighted by atomic mass is 32.2. The Hall–Kier alpha value is -0.160. The molecule has 0 spiro atoms. The zero-order chi connectivity index (χ0) is 11.2. The lowest BCUT2D eigenvalue weighted by atomic mass is 9.89. The van der Waals surface area contributed by atoms with Crippen LogP contribution in [0.15, 0.2) is 0 Å². The van der Waals surface area contributed by atoms with Gasteiger partial charge in [-0.3, -0.25) is 0 Å². The van der Waals surface area contributed by atoms with Gasteiger partial charge in [0.1, 0.15) is 0 Å². The van der Waals surface area contributed by atoms with Gasteiger partial charge in [-0.05, 0) is 32.4 Å². The lowest BCUT2D eigenvalue weighted by Crippen LogP contribution is -2.10. The molecule has 0 aromatic carbocycles. The van der Waals surface area contributed by atoms with E-state index < -0.39 is 0 Å². The van der Waals surface area contributed by atoms with Crippen molar-refractivity contribution in [3.8, 4) is 6.07 Å². The van der Waals surface area contributed by atoms with Gasteiger partial charge in [-0.15, -0.1) is 0 Å². The van der Waals surface area contributed by atoms with Crippen LogP contribution in [0.4, 0.5) is 0 Å². The summed E-state index contributed by atoms with van der Waals surface area (Å²) in [6.07, 6.45) is 3.42. The number of rotatable bonds is 5. The zero-order valence-electron chi connectivity index (χ0n) is 10.2. The molecular weight excluding hydrogens is 190 g/mol. The second-order valence-corrected chi connectivity index (χ2v) is 7.34. The number of thioether (sulfide) groups is 1. The molecule has 0 N–H and O–H groups in total. The summed E-state index contributed by atoms with van der Waals surface area (Å²) in [5.41, 5.74) is -0.133. The van der Waals surface area contributed by atoms with E-state index in [0.29, 0.717) is 4.75 Å². The van der Waals surface area contributed by atoms with E-state index in [1.165, 1.54) is 18.6 Å². The van der Waals surface area contributed by atoms with E-state index in [-0.39, 0.29) is 5.41 Å². The topological polar surface area (TPSA) is 23.8 Å². The molecule has 0 saturated carbocycles. The Bertz CT molecular complexity index is 195. The van der Waals surface area contributed by atoms with E-state index in [2.05, 4.69) is 26.8 Å². The van der Waals surface area contributed by atoms with Crippen LogP contribution in [0.25, 0.3) is 0 Å². The van der Waals surface area contributed by atoms with Gasteiger partial charge in [0.05, 0.1) is 11.5 Å². The second-order valence-electron chi connectivity index (χ2n) is 5.41. The molecule has 0 amide bonds. The smallest absolute Gasteiger partial charge is 0.0683 e. The fourth-order valence-corrected chi connectivity index (χ4v) is 2.06. The maximum Gasteiger partial charge on any atom is 0.0683 e. The Morgan fingerprint density at radius 3 is 2.07 bits per heavy atom. The first-order valence-corrected chi connectivity index (χ1v) is 6.31. The highest BCUT2D eigenvalue weighted by Gasteiger charge is 2.16. The van der Waals surface area contributed by atoms with Crippen LogP contribution in [0.3, 0.4) is 0 Å². The molecule has 0 aromatic rings. The summed E-state index contributed by atoms with van der Waals surface area (Å²) in [5.74, 6) is 1.21. The molecule has 82 valence electrons. The van der Waals surface area contributed by atoms with Crippen molar-refractivity contribution in [2.24, 2.45) is 5.41 Å². The van der Waals surface area contributed by atoms with Crippen LogP contribution in [0, 0.1) is 16.7 Å².